The van der Waals surface area contributed by atoms with Crippen molar-refractivity contribution in [3.63, 3.8) is 0 Å². The first-order valence-corrected chi connectivity index (χ1v) is 4.72. The molecular weight excluding hydrogens is 193 g/mol. The van der Waals surface area contributed by atoms with Crippen LogP contribution in [-0.2, 0) is 0 Å². The van der Waals surface area contributed by atoms with Crippen LogP contribution in [0.1, 0.15) is 12.8 Å². The highest BCUT2D eigenvalue weighted by Crippen LogP contribution is 2.28. The van der Waals surface area contributed by atoms with E-state index in [0.717, 1.165) is 5.69 Å². The van der Waals surface area contributed by atoms with Crippen molar-refractivity contribution in [2.75, 3.05) is 5.32 Å². The summed E-state index contributed by atoms with van der Waals surface area (Å²) in [6.07, 6.45) is 2.51. The molecule has 1 aromatic carbocycles. The number of hydrogen-bond acceptors (Lipinski definition) is 1. The molecule has 1 aromatic rings. The van der Waals surface area contributed by atoms with Gasteiger partial charge in [0.25, 0.3) is 0 Å². The van der Waals surface area contributed by atoms with Crippen LogP contribution in [0.5, 0.6) is 0 Å². The molecular formula is C9H9Cl2N. The summed E-state index contributed by atoms with van der Waals surface area (Å²) in [6.45, 7) is 0. The van der Waals surface area contributed by atoms with E-state index in [-0.39, 0.29) is 0 Å². The Labute approximate surface area is 81.7 Å². The summed E-state index contributed by atoms with van der Waals surface area (Å²) < 4.78 is 0. The molecule has 0 aromatic heterocycles. The average molecular weight is 202 g/mol. The Morgan fingerprint density at radius 1 is 1.08 bits per heavy atom. The maximum absolute atomic E-state index is 5.83. The highest BCUT2D eigenvalue weighted by Gasteiger charge is 2.20. The quantitative estimate of drug-likeness (QED) is 0.772. The number of hydrogen-bond donors (Lipinski definition) is 1. The molecule has 3 heteroatoms. The maximum Gasteiger partial charge on any atom is 0.0441 e. The van der Waals surface area contributed by atoms with Crippen molar-refractivity contribution >= 4 is 28.9 Å². The minimum absolute atomic E-state index is 0.638. The molecule has 12 heavy (non-hydrogen) atoms. The summed E-state index contributed by atoms with van der Waals surface area (Å²) in [7, 11) is 0. The molecule has 0 heterocycles. The fourth-order valence-electron chi connectivity index (χ4n) is 1.10. The third-order valence-corrected chi connectivity index (χ3v) is 2.25. The molecule has 0 atom stereocenters. The van der Waals surface area contributed by atoms with Crippen molar-refractivity contribution < 1.29 is 0 Å². The van der Waals surface area contributed by atoms with Crippen molar-refractivity contribution in [3.8, 4) is 0 Å². The predicted octanol–water partition coefficient (Wildman–Crippen LogP) is 3.57. The molecule has 64 valence electrons. The Kier molecular flexibility index (Phi) is 2.16. The van der Waals surface area contributed by atoms with Crippen LogP contribution in [0.2, 0.25) is 10.0 Å². The van der Waals surface area contributed by atoms with Gasteiger partial charge in [0, 0.05) is 21.8 Å². The molecule has 1 N–H and O–H groups in total. The SMILES string of the molecule is Clc1cc(Cl)cc(NC2CC2)c1. The summed E-state index contributed by atoms with van der Waals surface area (Å²) in [4.78, 5) is 0. The van der Waals surface area contributed by atoms with Crippen molar-refractivity contribution in [2.24, 2.45) is 0 Å². The Bertz CT molecular complexity index is 274. The summed E-state index contributed by atoms with van der Waals surface area (Å²) >= 11 is 11.7. The first-order valence-electron chi connectivity index (χ1n) is 3.97. The molecule has 0 bridgehead atoms. The van der Waals surface area contributed by atoms with Gasteiger partial charge in [0.1, 0.15) is 0 Å². The zero-order valence-electron chi connectivity index (χ0n) is 6.48. The summed E-state index contributed by atoms with van der Waals surface area (Å²) in [5, 5.41) is 4.70. The van der Waals surface area contributed by atoms with Crippen LogP contribution >= 0.6 is 23.2 Å². The van der Waals surface area contributed by atoms with Crippen molar-refractivity contribution in [3.05, 3.63) is 28.2 Å². The van der Waals surface area contributed by atoms with E-state index in [1.165, 1.54) is 12.8 Å². The molecule has 1 nitrogen and oxygen atoms in total. The summed E-state index contributed by atoms with van der Waals surface area (Å²) in [6, 6.07) is 6.16. The highest BCUT2D eigenvalue weighted by atomic mass is 35.5. The standard InChI is InChI=1S/C9H9Cl2N/c10-6-3-7(11)5-9(4-6)12-8-1-2-8/h3-5,8,12H,1-2H2. The van der Waals surface area contributed by atoms with E-state index in [1.54, 1.807) is 6.07 Å². The molecule has 0 aliphatic heterocycles. The van der Waals surface area contributed by atoms with Crippen LogP contribution in [0.4, 0.5) is 5.69 Å². The lowest BCUT2D eigenvalue weighted by Gasteiger charge is -2.04. The highest BCUT2D eigenvalue weighted by molar-refractivity contribution is 6.35. The lowest BCUT2D eigenvalue weighted by Crippen LogP contribution is -2.00. The minimum Gasteiger partial charge on any atom is -0.382 e. The second kappa shape index (κ2) is 3.15. The van der Waals surface area contributed by atoms with Gasteiger partial charge in [-0.05, 0) is 31.0 Å². The molecule has 0 amide bonds. The molecule has 1 saturated carbocycles. The van der Waals surface area contributed by atoms with E-state index >= 15 is 0 Å². The van der Waals surface area contributed by atoms with Gasteiger partial charge in [-0.15, -0.1) is 0 Å². The van der Waals surface area contributed by atoms with Gasteiger partial charge in [0.05, 0.1) is 0 Å². The summed E-state index contributed by atoms with van der Waals surface area (Å²) in [5.74, 6) is 0. The monoisotopic (exact) mass is 201 g/mol. The number of nitrogens with one attached hydrogen (secondary N) is 1. The smallest absolute Gasteiger partial charge is 0.0441 e. The first kappa shape index (κ1) is 8.21. The average Bonchev–Trinajstić information content (AvgIpc) is 2.68. The largest absolute Gasteiger partial charge is 0.382 e. The molecule has 0 unspecified atom stereocenters. The van der Waals surface area contributed by atoms with E-state index in [0.29, 0.717) is 16.1 Å². The predicted molar refractivity (Wildman–Crippen MR) is 53.1 cm³/mol. The Balaban J connectivity index is 2.18. The lowest BCUT2D eigenvalue weighted by atomic mass is 10.3. The maximum atomic E-state index is 5.83. The van der Waals surface area contributed by atoms with Gasteiger partial charge in [-0.3, -0.25) is 0 Å². The van der Waals surface area contributed by atoms with E-state index in [9.17, 15) is 0 Å². The lowest BCUT2D eigenvalue weighted by molar-refractivity contribution is 1.16. The molecule has 0 saturated heterocycles. The van der Waals surface area contributed by atoms with Crippen LogP contribution in [0, 0.1) is 0 Å². The first-order chi connectivity index (χ1) is 5.74. The van der Waals surface area contributed by atoms with Crippen molar-refractivity contribution in [2.45, 2.75) is 18.9 Å². The van der Waals surface area contributed by atoms with Gasteiger partial charge < -0.3 is 5.32 Å². The van der Waals surface area contributed by atoms with Gasteiger partial charge in [-0.2, -0.15) is 0 Å². The third-order valence-electron chi connectivity index (χ3n) is 1.81. The zero-order chi connectivity index (χ0) is 8.55. The van der Waals surface area contributed by atoms with E-state index in [2.05, 4.69) is 5.32 Å². The van der Waals surface area contributed by atoms with Crippen molar-refractivity contribution in [1.29, 1.82) is 0 Å². The van der Waals surface area contributed by atoms with E-state index < -0.39 is 0 Å². The molecule has 2 rings (SSSR count). The van der Waals surface area contributed by atoms with E-state index in [1.807, 2.05) is 12.1 Å². The van der Waals surface area contributed by atoms with Crippen LogP contribution in [0.15, 0.2) is 18.2 Å². The number of anilines is 1. The molecule has 0 spiro atoms. The molecule has 1 aliphatic carbocycles. The second-order valence-electron chi connectivity index (χ2n) is 3.08. The zero-order valence-corrected chi connectivity index (χ0v) is 7.99. The van der Waals surface area contributed by atoms with Crippen molar-refractivity contribution in [1.82, 2.24) is 0 Å². The van der Waals surface area contributed by atoms with Gasteiger partial charge in [0.15, 0.2) is 0 Å². The normalized spacial score (nSPS) is 16.2. The molecule has 1 aliphatic rings. The van der Waals surface area contributed by atoms with Gasteiger partial charge in [-0.25, -0.2) is 0 Å². The van der Waals surface area contributed by atoms with Crippen LogP contribution < -0.4 is 5.32 Å². The minimum atomic E-state index is 0.638. The van der Waals surface area contributed by atoms with Crippen LogP contribution in [0.3, 0.4) is 0 Å². The fraction of sp³-hybridized carbons (Fsp3) is 0.333. The Morgan fingerprint density at radius 2 is 1.67 bits per heavy atom. The van der Waals surface area contributed by atoms with Gasteiger partial charge in [-0.1, -0.05) is 23.2 Å². The summed E-state index contributed by atoms with van der Waals surface area (Å²) in [5.41, 5.74) is 1.02. The number of rotatable bonds is 2. The number of halogens is 2. The molecule has 0 radical (unpaired) electrons. The Morgan fingerprint density at radius 3 is 2.17 bits per heavy atom. The van der Waals surface area contributed by atoms with Crippen LogP contribution in [-0.4, -0.2) is 6.04 Å². The topological polar surface area (TPSA) is 12.0 Å². The number of benzene rings is 1. The Hall–Kier alpha value is -0.400. The third kappa shape index (κ3) is 2.05. The van der Waals surface area contributed by atoms with E-state index in [4.69, 9.17) is 23.2 Å². The molecule has 1 fully saturated rings. The van der Waals surface area contributed by atoms with Crippen LogP contribution in [0.25, 0.3) is 0 Å². The van der Waals surface area contributed by atoms with Gasteiger partial charge >= 0.3 is 0 Å². The second-order valence-corrected chi connectivity index (χ2v) is 3.95. The fourth-order valence-corrected chi connectivity index (χ4v) is 1.63. The van der Waals surface area contributed by atoms with Gasteiger partial charge in [0.2, 0.25) is 0 Å².